The van der Waals surface area contributed by atoms with Gasteiger partial charge in [0.1, 0.15) is 23.8 Å². The fraction of sp³-hybridized carbons (Fsp3) is 0.231. The summed E-state index contributed by atoms with van der Waals surface area (Å²) in [5.74, 6) is -23.3. The maximum atomic E-state index is 15.3. The van der Waals surface area contributed by atoms with Gasteiger partial charge in [-0.15, -0.1) is 23.2 Å². The van der Waals surface area contributed by atoms with Gasteiger partial charge >= 0.3 is 0 Å². The molecule has 57 heavy (non-hydrogen) atoms. The van der Waals surface area contributed by atoms with Crippen molar-refractivity contribution >= 4 is 63.9 Å². The van der Waals surface area contributed by atoms with Gasteiger partial charge in [0.2, 0.25) is 17.6 Å². The summed E-state index contributed by atoms with van der Waals surface area (Å²) in [5, 5.41) is 22.8. The van der Waals surface area contributed by atoms with Crippen LogP contribution in [0.3, 0.4) is 0 Å². The third-order valence-corrected chi connectivity index (χ3v) is 12.5. The lowest BCUT2D eigenvalue weighted by molar-refractivity contribution is -0.384. The number of aromatic hydroxyl groups is 1. The maximum absolute atomic E-state index is 15.3. The Bertz CT molecular complexity index is 2460. The SMILES string of the molecule is O=C1[C@H]2[C@H](CC=C3[C@H]2C[C@@]2(Cl)C(=O)N(c4c(F)c(F)c(F)c(F)c4F)C(=O)[C@@]2(Cl)[C@H]3c2ccc(OCc3ccccc3)cc2O)C(=O)N1c1ccc([N+](=O)[O-])cc1. The van der Waals surface area contributed by atoms with Crippen molar-refractivity contribution in [3.05, 3.63) is 135 Å². The first-order chi connectivity index (χ1) is 27.0. The van der Waals surface area contributed by atoms with Crippen LogP contribution in [0, 0.1) is 57.0 Å². The van der Waals surface area contributed by atoms with E-state index in [0.717, 1.165) is 28.7 Å². The Kier molecular flexibility index (Phi) is 8.92. The van der Waals surface area contributed by atoms with E-state index in [-0.39, 0.29) is 46.2 Å². The number of imide groups is 2. The highest BCUT2D eigenvalue weighted by Gasteiger charge is 2.77. The Labute approximate surface area is 328 Å². The molecule has 1 saturated carbocycles. The van der Waals surface area contributed by atoms with E-state index >= 15 is 8.78 Å². The van der Waals surface area contributed by atoms with E-state index in [9.17, 15) is 47.6 Å². The lowest BCUT2D eigenvalue weighted by atomic mass is 9.56. The van der Waals surface area contributed by atoms with Crippen molar-refractivity contribution in [3.8, 4) is 11.5 Å². The molecular formula is C39H24Cl2F5N3O8. The first-order valence-corrected chi connectivity index (χ1v) is 17.9. The molecule has 2 saturated heterocycles. The lowest BCUT2D eigenvalue weighted by Gasteiger charge is -2.50. The minimum atomic E-state index is -2.85. The Morgan fingerprint density at radius 1 is 0.807 bits per heavy atom. The van der Waals surface area contributed by atoms with E-state index < -0.39 is 109 Å². The summed E-state index contributed by atoms with van der Waals surface area (Å²) in [6.07, 6.45) is 0.551. The molecule has 0 aromatic heterocycles. The lowest BCUT2D eigenvalue weighted by Crippen LogP contribution is -2.60. The van der Waals surface area contributed by atoms with E-state index in [4.69, 9.17) is 27.9 Å². The molecule has 18 heteroatoms. The molecule has 0 spiro atoms. The van der Waals surface area contributed by atoms with Crippen LogP contribution in [0.2, 0.25) is 0 Å². The molecule has 8 rings (SSSR count). The van der Waals surface area contributed by atoms with E-state index in [1.807, 2.05) is 0 Å². The van der Waals surface area contributed by atoms with Crippen molar-refractivity contribution in [2.75, 3.05) is 9.80 Å². The number of phenols is 1. The Morgan fingerprint density at radius 2 is 1.44 bits per heavy atom. The molecule has 4 aromatic carbocycles. The van der Waals surface area contributed by atoms with Gasteiger partial charge in [0, 0.05) is 29.7 Å². The molecule has 0 bridgehead atoms. The molecule has 0 radical (unpaired) electrons. The topological polar surface area (TPSA) is 147 Å². The predicted molar refractivity (Wildman–Crippen MR) is 191 cm³/mol. The Morgan fingerprint density at radius 3 is 2.05 bits per heavy atom. The number of nitro benzene ring substituents is 1. The average Bonchev–Trinajstić information content (AvgIpc) is 3.54. The molecule has 3 fully saturated rings. The van der Waals surface area contributed by atoms with Gasteiger partial charge in [-0.1, -0.05) is 48.0 Å². The monoisotopic (exact) mass is 827 g/mol. The van der Waals surface area contributed by atoms with Crippen LogP contribution < -0.4 is 14.5 Å². The average molecular weight is 829 g/mol. The number of phenolic OH excluding ortho intramolecular Hbond substituents is 1. The standard InChI is InChI=1S/C39H24Cl2F5N3O8/c40-38-15-24-21(12-13-23-26(24)35(52)47(34(23)51)18-6-8-19(9-7-18)49(55)56)27(22-11-10-20(14-25(22)50)57-16-17-4-2-1-3-5-17)39(38,41)37(54)48(36(38)53)33-31(45)29(43)28(42)30(44)32(33)46/h1-12,14,23-24,26-27,50H,13,15-16H2/t23-,24+,26-,27+,38+,39-/m0/s1. The number of rotatable bonds is 7. The molecule has 2 aliphatic heterocycles. The van der Waals surface area contributed by atoms with Crippen molar-refractivity contribution in [1.29, 1.82) is 0 Å². The van der Waals surface area contributed by atoms with Gasteiger partial charge in [0.25, 0.3) is 17.5 Å². The third-order valence-electron chi connectivity index (χ3n) is 11.1. The van der Waals surface area contributed by atoms with Gasteiger partial charge in [0.15, 0.2) is 33.0 Å². The summed E-state index contributed by atoms with van der Waals surface area (Å²) in [5.41, 5.74) is -1.58. The van der Waals surface area contributed by atoms with Crippen molar-refractivity contribution in [3.63, 3.8) is 0 Å². The second kappa shape index (κ2) is 13.4. The van der Waals surface area contributed by atoms with Crippen LogP contribution in [-0.4, -0.2) is 43.4 Å². The van der Waals surface area contributed by atoms with Crippen LogP contribution in [0.25, 0.3) is 0 Å². The number of anilines is 2. The fourth-order valence-corrected chi connectivity index (χ4v) is 9.42. The van der Waals surface area contributed by atoms with Crippen LogP contribution >= 0.6 is 23.2 Å². The number of carbonyl (C=O) groups is 4. The van der Waals surface area contributed by atoms with Gasteiger partial charge in [-0.2, -0.15) is 0 Å². The number of carbonyl (C=O) groups excluding carboxylic acids is 4. The van der Waals surface area contributed by atoms with Crippen molar-refractivity contribution in [2.24, 2.45) is 17.8 Å². The number of fused-ring (bicyclic) bond motifs is 4. The number of nitrogens with zero attached hydrogens (tertiary/aromatic N) is 3. The molecule has 2 aliphatic carbocycles. The van der Waals surface area contributed by atoms with Gasteiger partial charge in [-0.05, 0) is 42.5 Å². The second-order valence-electron chi connectivity index (χ2n) is 14.0. The van der Waals surface area contributed by atoms with Crippen molar-refractivity contribution in [2.45, 2.75) is 35.1 Å². The molecule has 1 N–H and O–H groups in total. The molecular weight excluding hydrogens is 804 g/mol. The quantitative estimate of drug-likeness (QED) is 0.0298. The number of non-ortho nitro benzene ring substituents is 1. The summed E-state index contributed by atoms with van der Waals surface area (Å²) in [6.45, 7) is 0.0643. The molecule has 4 aliphatic rings. The number of alkyl halides is 2. The van der Waals surface area contributed by atoms with Crippen LogP contribution in [0.4, 0.5) is 39.0 Å². The Hall–Kier alpha value is -5.87. The number of hydrogen-bond donors (Lipinski definition) is 1. The second-order valence-corrected chi connectivity index (χ2v) is 15.2. The molecule has 0 unspecified atom stereocenters. The van der Waals surface area contributed by atoms with Crippen LogP contribution in [0.5, 0.6) is 11.5 Å². The first kappa shape index (κ1) is 38.0. The van der Waals surface area contributed by atoms with Crippen molar-refractivity contribution < 1.29 is 55.9 Å². The number of halogens is 7. The van der Waals surface area contributed by atoms with Gasteiger partial charge in [-0.25, -0.2) is 26.9 Å². The highest BCUT2D eigenvalue weighted by Crippen LogP contribution is 2.67. The van der Waals surface area contributed by atoms with Gasteiger partial charge < -0.3 is 9.84 Å². The highest BCUT2D eigenvalue weighted by molar-refractivity contribution is 6.58. The Balaban J connectivity index is 1.27. The van der Waals surface area contributed by atoms with Crippen LogP contribution in [-0.2, 0) is 25.8 Å². The number of ether oxygens (including phenoxy) is 1. The number of benzene rings is 4. The highest BCUT2D eigenvalue weighted by atomic mass is 35.5. The first-order valence-electron chi connectivity index (χ1n) is 17.1. The van der Waals surface area contributed by atoms with Crippen molar-refractivity contribution in [1.82, 2.24) is 0 Å². The number of nitro groups is 1. The third kappa shape index (κ3) is 5.36. The minimum absolute atomic E-state index is 0.0143. The predicted octanol–water partition coefficient (Wildman–Crippen LogP) is 7.34. The van der Waals surface area contributed by atoms with E-state index in [1.54, 1.807) is 30.3 Å². The summed E-state index contributed by atoms with van der Waals surface area (Å²) in [6, 6.07) is 17.3. The zero-order chi connectivity index (χ0) is 40.9. The maximum Gasteiger partial charge on any atom is 0.269 e. The summed E-state index contributed by atoms with van der Waals surface area (Å²) < 4.78 is 79.7. The normalized spacial score (nSPS) is 26.6. The smallest absolute Gasteiger partial charge is 0.269 e. The summed E-state index contributed by atoms with van der Waals surface area (Å²) >= 11 is 14.3. The summed E-state index contributed by atoms with van der Waals surface area (Å²) in [4.78, 5) is 62.5. The number of amides is 4. The molecule has 4 aromatic rings. The zero-order valence-corrected chi connectivity index (χ0v) is 30.2. The van der Waals surface area contributed by atoms with Gasteiger partial charge in [-0.3, -0.25) is 34.2 Å². The summed E-state index contributed by atoms with van der Waals surface area (Å²) in [7, 11) is 0. The zero-order valence-electron chi connectivity index (χ0n) is 28.7. The van der Waals surface area contributed by atoms with E-state index in [0.29, 0.717) is 0 Å². The van der Waals surface area contributed by atoms with E-state index in [1.165, 1.54) is 30.3 Å². The molecule has 4 amide bonds. The fourth-order valence-electron chi connectivity index (χ4n) is 8.49. The minimum Gasteiger partial charge on any atom is -0.508 e. The molecule has 11 nitrogen and oxygen atoms in total. The van der Waals surface area contributed by atoms with Crippen LogP contribution in [0.15, 0.2) is 84.4 Å². The largest absolute Gasteiger partial charge is 0.508 e. The van der Waals surface area contributed by atoms with Crippen LogP contribution in [0.1, 0.15) is 29.9 Å². The number of allylic oxidation sites excluding steroid dienone is 2. The van der Waals surface area contributed by atoms with E-state index in [2.05, 4.69) is 0 Å². The molecule has 2 heterocycles. The molecule has 292 valence electrons. The molecule has 6 atom stereocenters. The van der Waals surface area contributed by atoms with Gasteiger partial charge in [0.05, 0.1) is 22.4 Å². The number of hydrogen-bond acceptors (Lipinski definition) is 8.